The average Bonchev–Trinajstić information content (AvgIpc) is 2.34. The maximum atomic E-state index is 11.6. The normalized spacial score (nSPS) is 10.7. The molecule has 0 aliphatic heterocycles. The van der Waals surface area contributed by atoms with Gasteiger partial charge in [0.1, 0.15) is 0 Å². The molecule has 0 aromatic heterocycles. The number of ether oxygens (including phenoxy) is 1. The standard InChI is InChI=1S/C13H20BrN3O2/c1-17(9-13(18)16-6-7-19-2)8-10-11(14)4-3-5-12(10)15/h3-5H,6-9,15H2,1-2H3,(H,16,18). The van der Waals surface area contributed by atoms with Gasteiger partial charge in [0.25, 0.3) is 0 Å². The Bertz CT molecular complexity index is 406. The molecule has 19 heavy (non-hydrogen) atoms. The Labute approximate surface area is 122 Å². The summed E-state index contributed by atoms with van der Waals surface area (Å²) in [5, 5.41) is 2.78. The van der Waals surface area contributed by atoms with Crippen molar-refractivity contribution in [1.29, 1.82) is 0 Å². The van der Waals surface area contributed by atoms with Crippen LogP contribution in [-0.4, -0.2) is 44.7 Å². The van der Waals surface area contributed by atoms with Gasteiger partial charge in [0.15, 0.2) is 0 Å². The SMILES string of the molecule is COCCNC(=O)CN(C)Cc1c(N)cccc1Br. The molecule has 106 valence electrons. The highest BCUT2D eigenvalue weighted by Gasteiger charge is 2.10. The average molecular weight is 330 g/mol. The molecule has 5 nitrogen and oxygen atoms in total. The molecule has 0 aliphatic rings. The van der Waals surface area contributed by atoms with Gasteiger partial charge in [0.2, 0.25) is 5.91 Å². The molecule has 3 N–H and O–H groups in total. The lowest BCUT2D eigenvalue weighted by atomic mass is 10.1. The van der Waals surface area contributed by atoms with Crippen LogP contribution in [0.2, 0.25) is 0 Å². The minimum atomic E-state index is -0.0230. The van der Waals surface area contributed by atoms with Gasteiger partial charge < -0.3 is 15.8 Å². The summed E-state index contributed by atoms with van der Waals surface area (Å²) in [6, 6.07) is 5.69. The first-order valence-electron chi connectivity index (χ1n) is 6.01. The lowest BCUT2D eigenvalue weighted by molar-refractivity contribution is -0.122. The molecule has 1 rings (SSSR count). The summed E-state index contributed by atoms with van der Waals surface area (Å²) in [4.78, 5) is 13.6. The highest BCUT2D eigenvalue weighted by atomic mass is 79.9. The van der Waals surface area contributed by atoms with Crippen molar-refractivity contribution in [1.82, 2.24) is 10.2 Å². The first-order chi connectivity index (χ1) is 9.04. The van der Waals surface area contributed by atoms with Crippen LogP contribution < -0.4 is 11.1 Å². The molecule has 1 amide bonds. The summed E-state index contributed by atoms with van der Waals surface area (Å²) in [5.41, 5.74) is 7.64. The van der Waals surface area contributed by atoms with Gasteiger partial charge in [0, 0.05) is 35.9 Å². The number of hydrogen-bond donors (Lipinski definition) is 2. The monoisotopic (exact) mass is 329 g/mol. The van der Waals surface area contributed by atoms with Crippen LogP contribution in [0.1, 0.15) is 5.56 Å². The topological polar surface area (TPSA) is 67.6 Å². The zero-order valence-electron chi connectivity index (χ0n) is 11.3. The number of amides is 1. The molecular weight excluding hydrogens is 310 g/mol. The van der Waals surface area contributed by atoms with E-state index in [0.717, 1.165) is 15.7 Å². The van der Waals surface area contributed by atoms with Gasteiger partial charge in [-0.3, -0.25) is 9.69 Å². The predicted molar refractivity (Wildman–Crippen MR) is 79.8 cm³/mol. The molecule has 0 unspecified atom stereocenters. The van der Waals surface area contributed by atoms with Gasteiger partial charge >= 0.3 is 0 Å². The number of hydrogen-bond acceptors (Lipinski definition) is 4. The molecule has 0 atom stereocenters. The molecule has 0 saturated heterocycles. The Kier molecular flexibility index (Phi) is 6.83. The lowest BCUT2D eigenvalue weighted by Crippen LogP contribution is -2.36. The van der Waals surface area contributed by atoms with Crippen LogP contribution in [0.5, 0.6) is 0 Å². The van der Waals surface area contributed by atoms with Gasteiger partial charge in [-0.15, -0.1) is 0 Å². The fourth-order valence-electron chi connectivity index (χ4n) is 1.66. The minimum absolute atomic E-state index is 0.0230. The third-order valence-corrected chi connectivity index (χ3v) is 3.37. The molecule has 0 bridgehead atoms. The summed E-state index contributed by atoms with van der Waals surface area (Å²) >= 11 is 3.47. The molecule has 0 fully saturated rings. The van der Waals surface area contributed by atoms with E-state index in [-0.39, 0.29) is 5.91 Å². The number of rotatable bonds is 7. The van der Waals surface area contributed by atoms with Crippen molar-refractivity contribution < 1.29 is 9.53 Å². The van der Waals surface area contributed by atoms with E-state index >= 15 is 0 Å². The Morgan fingerprint density at radius 3 is 2.89 bits per heavy atom. The number of nitrogens with two attached hydrogens (primary N) is 1. The Balaban J connectivity index is 2.46. The van der Waals surface area contributed by atoms with Crippen LogP contribution >= 0.6 is 15.9 Å². The van der Waals surface area contributed by atoms with E-state index in [0.29, 0.717) is 26.2 Å². The van der Waals surface area contributed by atoms with Crippen LogP contribution in [-0.2, 0) is 16.1 Å². The van der Waals surface area contributed by atoms with E-state index < -0.39 is 0 Å². The van der Waals surface area contributed by atoms with Crippen LogP contribution in [0.3, 0.4) is 0 Å². The zero-order chi connectivity index (χ0) is 14.3. The maximum absolute atomic E-state index is 11.6. The first kappa shape index (κ1) is 15.9. The van der Waals surface area contributed by atoms with Gasteiger partial charge in [-0.2, -0.15) is 0 Å². The summed E-state index contributed by atoms with van der Waals surface area (Å²) < 4.78 is 5.83. The van der Waals surface area contributed by atoms with E-state index in [2.05, 4.69) is 21.2 Å². The molecule has 1 aromatic carbocycles. The van der Waals surface area contributed by atoms with E-state index in [9.17, 15) is 4.79 Å². The predicted octanol–water partition coefficient (Wildman–Crippen LogP) is 1.23. The first-order valence-corrected chi connectivity index (χ1v) is 6.81. The number of carbonyl (C=O) groups excluding carboxylic acids is 1. The van der Waals surface area contributed by atoms with Crippen molar-refractivity contribution in [3.63, 3.8) is 0 Å². The lowest BCUT2D eigenvalue weighted by Gasteiger charge is -2.18. The second kappa shape index (κ2) is 8.14. The zero-order valence-corrected chi connectivity index (χ0v) is 12.9. The van der Waals surface area contributed by atoms with Crippen molar-refractivity contribution >= 4 is 27.5 Å². The molecule has 1 aromatic rings. The number of anilines is 1. The van der Waals surface area contributed by atoms with Crippen LogP contribution in [0.4, 0.5) is 5.69 Å². The number of methoxy groups -OCH3 is 1. The molecule has 0 spiro atoms. The second-order valence-electron chi connectivity index (χ2n) is 4.32. The summed E-state index contributed by atoms with van der Waals surface area (Å²) in [6.45, 7) is 1.99. The smallest absolute Gasteiger partial charge is 0.234 e. The highest BCUT2D eigenvalue weighted by Crippen LogP contribution is 2.23. The van der Waals surface area contributed by atoms with E-state index in [1.165, 1.54) is 0 Å². The Morgan fingerprint density at radius 2 is 2.26 bits per heavy atom. The van der Waals surface area contributed by atoms with Gasteiger partial charge in [-0.05, 0) is 19.2 Å². The highest BCUT2D eigenvalue weighted by molar-refractivity contribution is 9.10. The largest absolute Gasteiger partial charge is 0.398 e. The van der Waals surface area contributed by atoms with Crippen molar-refractivity contribution in [2.24, 2.45) is 0 Å². The molecule has 6 heteroatoms. The molecule has 0 aliphatic carbocycles. The molecular formula is C13H20BrN3O2. The fourth-order valence-corrected chi connectivity index (χ4v) is 2.17. The second-order valence-corrected chi connectivity index (χ2v) is 5.18. The van der Waals surface area contributed by atoms with Crippen molar-refractivity contribution in [2.75, 3.05) is 39.6 Å². The van der Waals surface area contributed by atoms with Gasteiger partial charge in [-0.25, -0.2) is 0 Å². The van der Waals surface area contributed by atoms with Crippen LogP contribution in [0.25, 0.3) is 0 Å². The van der Waals surface area contributed by atoms with Gasteiger partial charge in [0.05, 0.1) is 13.2 Å². The Hall–Kier alpha value is -1.11. The molecule has 0 saturated carbocycles. The van der Waals surface area contributed by atoms with Crippen LogP contribution in [0.15, 0.2) is 22.7 Å². The Morgan fingerprint density at radius 1 is 1.53 bits per heavy atom. The van der Waals surface area contributed by atoms with Crippen LogP contribution in [0, 0.1) is 0 Å². The number of halogens is 1. The van der Waals surface area contributed by atoms with E-state index in [4.69, 9.17) is 10.5 Å². The quantitative estimate of drug-likeness (QED) is 0.583. The van der Waals surface area contributed by atoms with Gasteiger partial charge in [-0.1, -0.05) is 22.0 Å². The fraction of sp³-hybridized carbons (Fsp3) is 0.462. The number of carbonyl (C=O) groups is 1. The van der Waals surface area contributed by atoms with E-state index in [1.54, 1.807) is 7.11 Å². The number of nitrogens with one attached hydrogen (secondary N) is 1. The minimum Gasteiger partial charge on any atom is -0.398 e. The number of likely N-dealkylation sites (N-methyl/N-ethyl adjacent to an activating group) is 1. The summed E-state index contributed by atoms with van der Waals surface area (Å²) in [7, 11) is 3.49. The number of nitrogen functional groups attached to an aromatic ring is 1. The van der Waals surface area contributed by atoms with Crippen molar-refractivity contribution in [3.8, 4) is 0 Å². The maximum Gasteiger partial charge on any atom is 0.234 e. The van der Waals surface area contributed by atoms with E-state index in [1.807, 2.05) is 30.1 Å². The third-order valence-electron chi connectivity index (χ3n) is 2.62. The number of benzene rings is 1. The summed E-state index contributed by atoms with van der Waals surface area (Å²) in [5.74, 6) is -0.0230. The summed E-state index contributed by atoms with van der Waals surface area (Å²) in [6.07, 6.45) is 0. The third kappa shape index (κ3) is 5.59. The van der Waals surface area contributed by atoms with Crippen molar-refractivity contribution in [2.45, 2.75) is 6.54 Å². The van der Waals surface area contributed by atoms with Crippen molar-refractivity contribution in [3.05, 3.63) is 28.2 Å². The molecule has 0 heterocycles. The number of nitrogens with zero attached hydrogens (tertiary/aromatic N) is 1. The molecule has 0 radical (unpaired) electrons.